The molecule has 0 saturated heterocycles. The molecule has 0 fully saturated rings. The third kappa shape index (κ3) is 5.39. The molecule has 1 rings (SSSR count). The van der Waals surface area contributed by atoms with Gasteiger partial charge in [0.2, 0.25) is 5.91 Å². The summed E-state index contributed by atoms with van der Waals surface area (Å²) in [6.07, 6.45) is 0. The standard InChI is InChI=1S/C13H18N2O4/c1-18-7-6-14-12(16)9-15-13(17)10-4-3-5-11(8-10)19-2/h3-5,8H,6-7,9H2,1-2H3,(H,14,16)(H,15,17). The fourth-order valence-corrected chi connectivity index (χ4v) is 1.38. The zero-order chi connectivity index (χ0) is 14.1. The van der Waals surface area contributed by atoms with Crippen molar-refractivity contribution < 1.29 is 19.1 Å². The van der Waals surface area contributed by atoms with Crippen molar-refractivity contribution in [2.45, 2.75) is 0 Å². The first-order valence-corrected chi connectivity index (χ1v) is 5.85. The third-order valence-corrected chi connectivity index (χ3v) is 2.37. The monoisotopic (exact) mass is 266 g/mol. The minimum absolute atomic E-state index is 0.0697. The van der Waals surface area contributed by atoms with Gasteiger partial charge in [-0.3, -0.25) is 9.59 Å². The number of ether oxygens (including phenoxy) is 2. The zero-order valence-corrected chi connectivity index (χ0v) is 11.1. The number of benzene rings is 1. The Labute approximate surface area is 112 Å². The lowest BCUT2D eigenvalue weighted by molar-refractivity contribution is -0.120. The molecule has 104 valence electrons. The lowest BCUT2D eigenvalue weighted by atomic mass is 10.2. The van der Waals surface area contributed by atoms with Crippen LogP contribution in [0, 0.1) is 0 Å². The van der Waals surface area contributed by atoms with Crippen molar-refractivity contribution in [3.63, 3.8) is 0 Å². The van der Waals surface area contributed by atoms with Crippen LogP contribution >= 0.6 is 0 Å². The van der Waals surface area contributed by atoms with Crippen molar-refractivity contribution in [2.75, 3.05) is 33.9 Å². The number of carbonyl (C=O) groups is 2. The van der Waals surface area contributed by atoms with Crippen molar-refractivity contribution in [3.8, 4) is 5.75 Å². The molecule has 0 bridgehead atoms. The summed E-state index contributed by atoms with van der Waals surface area (Å²) in [5, 5.41) is 5.14. The van der Waals surface area contributed by atoms with Crippen LogP contribution < -0.4 is 15.4 Å². The van der Waals surface area contributed by atoms with E-state index in [9.17, 15) is 9.59 Å². The van der Waals surface area contributed by atoms with Crippen molar-refractivity contribution in [1.82, 2.24) is 10.6 Å². The first-order chi connectivity index (χ1) is 9.17. The van der Waals surface area contributed by atoms with E-state index in [4.69, 9.17) is 9.47 Å². The Morgan fingerprint density at radius 3 is 2.68 bits per heavy atom. The molecule has 0 saturated carbocycles. The largest absolute Gasteiger partial charge is 0.497 e. The topological polar surface area (TPSA) is 76.7 Å². The van der Waals surface area contributed by atoms with E-state index in [2.05, 4.69) is 10.6 Å². The first-order valence-electron chi connectivity index (χ1n) is 5.85. The van der Waals surface area contributed by atoms with Crippen LogP contribution in [0.4, 0.5) is 0 Å². The number of methoxy groups -OCH3 is 2. The van der Waals surface area contributed by atoms with Crippen LogP contribution in [0.5, 0.6) is 5.75 Å². The molecule has 0 atom stereocenters. The van der Waals surface area contributed by atoms with Crippen molar-refractivity contribution >= 4 is 11.8 Å². The van der Waals surface area contributed by atoms with E-state index in [1.54, 1.807) is 31.4 Å². The van der Waals surface area contributed by atoms with Gasteiger partial charge in [-0.1, -0.05) is 6.07 Å². The minimum Gasteiger partial charge on any atom is -0.497 e. The highest BCUT2D eigenvalue weighted by molar-refractivity contribution is 5.96. The Kier molecular flexibility index (Phi) is 6.38. The van der Waals surface area contributed by atoms with E-state index in [0.717, 1.165) is 0 Å². The lowest BCUT2D eigenvalue weighted by Gasteiger charge is -2.07. The Morgan fingerprint density at radius 1 is 1.21 bits per heavy atom. The van der Waals surface area contributed by atoms with Gasteiger partial charge in [0.05, 0.1) is 20.3 Å². The highest BCUT2D eigenvalue weighted by Crippen LogP contribution is 2.11. The number of carbonyl (C=O) groups excluding carboxylic acids is 2. The predicted molar refractivity (Wildman–Crippen MR) is 70.2 cm³/mol. The van der Waals surface area contributed by atoms with Crippen molar-refractivity contribution in [2.24, 2.45) is 0 Å². The fraction of sp³-hybridized carbons (Fsp3) is 0.385. The maximum Gasteiger partial charge on any atom is 0.251 e. The van der Waals surface area contributed by atoms with Gasteiger partial charge in [0.15, 0.2) is 0 Å². The van der Waals surface area contributed by atoms with Gasteiger partial charge in [0.1, 0.15) is 5.75 Å². The normalized spacial score (nSPS) is 9.79. The highest BCUT2D eigenvalue weighted by atomic mass is 16.5. The fourth-order valence-electron chi connectivity index (χ4n) is 1.38. The van der Waals surface area contributed by atoms with Gasteiger partial charge >= 0.3 is 0 Å². The number of nitrogens with one attached hydrogen (secondary N) is 2. The molecule has 0 radical (unpaired) electrons. The summed E-state index contributed by atoms with van der Waals surface area (Å²) >= 11 is 0. The van der Waals surface area contributed by atoms with Crippen molar-refractivity contribution in [3.05, 3.63) is 29.8 Å². The maximum atomic E-state index is 11.8. The summed E-state index contributed by atoms with van der Waals surface area (Å²) in [6, 6.07) is 6.72. The smallest absolute Gasteiger partial charge is 0.251 e. The second kappa shape index (κ2) is 8.10. The maximum absolute atomic E-state index is 11.8. The van der Waals surface area contributed by atoms with E-state index in [1.807, 2.05) is 0 Å². The molecule has 0 spiro atoms. The molecule has 2 N–H and O–H groups in total. The summed E-state index contributed by atoms with van der Waals surface area (Å²) in [7, 11) is 3.08. The van der Waals surface area contributed by atoms with Crippen LogP contribution in [-0.2, 0) is 9.53 Å². The Balaban J connectivity index is 2.40. The van der Waals surface area contributed by atoms with Gasteiger partial charge in [-0.05, 0) is 18.2 Å². The molecule has 0 aliphatic rings. The lowest BCUT2D eigenvalue weighted by Crippen LogP contribution is -2.38. The summed E-state index contributed by atoms with van der Waals surface area (Å²) in [6.45, 7) is 0.791. The second-order valence-corrected chi connectivity index (χ2v) is 3.76. The summed E-state index contributed by atoms with van der Waals surface area (Å²) in [5.41, 5.74) is 0.448. The number of amides is 2. The average molecular weight is 266 g/mol. The number of hydrogen-bond acceptors (Lipinski definition) is 4. The van der Waals surface area contributed by atoms with Gasteiger partial charge < -0.3 is 20.1 Å². The molecule has 6 nitrogen and oxygen atoms in total. The molecule has 0 heterocycles. The first kappa shape index (κ1) is 15.0. The van der Waals surface area contributed by atoms with Gasteiger partial charge in [0, 0.05) is 19.2 Å². The second-order valence-electron chi connectivity index (χ2n) is 3.76. The van der Waals surface area contributed by atoms with Crippen LogP contribution in [-0.4, -0.2) is 45.7 Å². The van der Waals surface area contributed by atoms with E-state index < -0.39 is 0 Å². The van der Waals surface area contributed by atoms with E-state index in [1.165, 1.54) is 7.11 Å². The van der Waals surface area contributed by atoms with Crippen LogP contribution in [0.3, 0.4) is 0 Å². The summed E-state index contributed by atoms with van der Waals surface area (Å²) < 4.78 is 9.82. The number of hydrogen-bond donors (Lipinski definition) is 2. The van der Waals surface area contributed by atoms with E-state index in [-0.39, 0.29) is 18.4 Å². The third-order valence-electron chi connectivity index (χ3n) is 2.37. The zero-order valence-electron chi connectivity index (χ0n) is 11.1. The minimum atomic E-state index is -0.319. The van der Waals surface area contributed by atoms with Crippen LogP contribution in [0.25, 0.3) is 0 Å². The molecule has 19 heavy (non-hydrogen) atoms. The molecule has 0 aromatic heterocycles. The molecule has 0 aliphatic carbocycles. The SMILES string of the molecule is COCCNC(=O)CNC(=O)c1cccc(OC)c1. The van der Waals surface area contributed by atoms with Crippen molar-refractivity contribution in [1.29, 1.82) is 0 Å². The molecule has 1 aromatic carbocycles. The molecule has 2 amide bonds. The average Bonchev–Trinajstić information content (AvgIpc) is 2.45. The van der Waals surface area contributed by atoms with Crippen LogP contribution in [0.1, 0.15) is 10.4 Å². The van der Waals surface area contributed by atoms with Gasteiger partial charge in [0.25, 0.3) is 5.91 Å². The quantitative estimate of drug-likeness (QED) is 0.691. The van der Waals surface area contributed by atoms with E-state index in [0.29, 0.717) is 24.5 Å². The Hall–Kier alpha value is -2.08. The Bertz CT molecular complexity index is 434. The molecule has 1 aromatic rings. The van der Waals surface area contributed by atoms with Gasteiger partial charge in [-0.25, -0.2) is 0 Å². The Morgan fingerprint density at radius 2 is 2.00 bits per heavy atom. The molecular formula is C13H18N2O4. The highest BCUT2D eigenvalue weighted by Gasteiger charge is 2.08. The summed E-state index contributed by atoms with van der Waals surface area (Å²) in [5.74, 6) is 0.0197. The molecule has 6 heteroatoms. The van der Waals surface area contributed by atoms with Crippen LogP contribution in [0.2, 0.25) is 0 Å². The van der Waals surface area contributed by atoms with Crippen LogP contribution in [0.15, 0.2) is 24.3 Å². The molecule has 0 aliphatic heterocycles. The van der Waals surface area contributed by atoms with Gasteiger partial charge in [-0.15, -0.1) is 0 Å². The number of rotatable bonds is 7. The molecule has 0 unspecified atom stereocenters. The van der Waals surface area contributed by atoms with E-state index >= 15 is 0 Å². The summed E-state index contributed by atoms with van der Waals surface area (Å²) in [4.78, 5) is 23.1. The predicted octanol–water partition coefficient (Wildman–Crippen LogP) is 0.188. The van der Waals surface area contributed by atoms with Gasteiger partial charge in [-0.2, -0.15) is 0 Å². The molecular weight excluding hydrogens is 248 g/mol.